The molecule has 1 atom stereocenters. The van der Waals surface area contributed by atoms with Crippen LogP contribution in [0.1, 0.15) is 35.7 Å². The molecule has 0 radical (unpaired) electrons. The molecule has 1 aromatic rings. The normalized spacial score (nSPS) is 13.4. The van der Waals surface area contributed by atoms with Gasteiger partial charge >= 0.3 is 0 Å². The zero-order valence-electron chi connectivity index (χ0n) is 7.00. The average molecular weight is 170 g/mol. The van der Waals surface area contributed by atoms with E-state index in [1.54, 1.807) is 11.3 Å². The first-order valence-corrected chi connectivity index (χ1v) is 4.73. The molecule has 2 N–H and O–H groups in total. The zero-order valence-corrected chi connectivity index (χ0v) is 7.82. The van der Waals surface area contributed by atoms with Crippen molar-refractivity contribution in [3.05, 3.63) is 16.1 Å². The molecule has 0 aliphatic rings. The van der Waals surface area contributed by atoms with Gasteiger partial charge in [-0.05, 0) is 13.3 Å². The molecule has 1 aromatic heterocycles. The van der Waals surface area contributed by atoms with E-state index in [1.165, 1.54) is 4.88 Å². The lowest BCUT2D eigenvalue weighted by atomic mass is 10.2. The molecule has 0 saturated carbocycles. The molecular weight excluding hydrogens is 156 g/mol. The number of rotatable bonds is 3. The fraction of sp³-hybridized carbons (Fsp3) is 0.625. The van der Waals surface area contributed by atoms with Crippen LogP contribution in [0.25, 0.3) is 0 Å². The highest BCUT2D eigenvalue weighted by Crippen LogP contribution is 2.20. The molecule has 0 fully saturated rings. The molecule has 0 aromatic carbocycles. The maximum atomic E-state index is 5.87. The van der Waals surface area contributed by atoms with Crippen LogP contribution in [0, 0.1) is 6.92 Å². The maximum absolute atomic E-state index is 5.87. The molecule has 62 valence electrons. The van der Waals surface area contributed by atoms with Gasteiger partial charge < -0.3 is 5.73 Å². The van der Waals surface area contributed by atoms with Crippen molar-refractivity contribution in [1.29, 1.82) is 0 Å². The summed E-state index contributed by atoms with van der Waals surface area (Å²) in [5.74, 6) is 0. The maximum Gasteiger partial charge on any atom is 0.110 e. The van der Waals surface area contributed by atoms with Crippen LogP contribution in [0.2, 0.25) is 0 Å². The first kappa shape index (κ1) is 8.68. The molecule has 11 heavy (non-hydrogen) atoms. The fourth-order valence-electron chi connectivity index (χ4n) is 0.978. The van der Waals surface area contributed by atoms with Crippen LogP contribution >= 0.6 is 11.3 Å². The quantitative estimate of drug-likeness (QED) is 0.755. The second-order valence-corrected chi connectivity index (χ2v) is 3.97. The van der Waals surface area contributed by atoms with Gasteiger partial charge in [-0.2, -0.15) is 0 Å². The summed E-state index contributed by atoms with van der Waals surface area (Å²) in [6.45, 7) is 4.19. The second-order valence-electron chi connectivity index (χ2n) is 2.70. The number of hydrogen-bond acceptors (Lipinski definition) is 3. The third-order valence-corrected chi connectivity index (χ3v) is 2.60. The molecule has 2 nitrogen and oxygen atoms in total. The van der Waals surface area contributed by atoms with E-state index in [4.69, 9.17) is 5.73 Å². The Labute approximate surface area is 71.5 Å². The van der Waals surface area contributed by atoms with Crippen molar-refractivity contribution in [2.75, 3.05) is 0 Å². The van der Waals surface area contributed by atoms with Gasteiger partial charge in [0.05, 0.1) is 6.04 Å². The Hall–Kier alpha value is -0.410. The lowest BCUT2D eigenvalue weighted by Gasteiger charge is -2.04. The van der Waals surface area contributed by atoms with E-state index in [-0.39, 0.29) is 6.04 Å². The van der Waals surface area contributed by atoms with Crippen LogP contribution < -0.4 is 5.73 Å². The molecule has 1 rings (SSSR count). The Kier molecular flexibility index (Phi) is 3.02. The van der Waals surface area contributed by atoms with Crippen LogP contribution in [0.3, 0.4) is 0 Å². The Bertz CT molecular complexity index is 220. The van der Waals surface area contributed by atoms with Crippen molar-refractivity contribution in [3.8, 4) is 0 Å². The second kappa shape index (κ2) is 3.83. The van der Waals surface area contributed by atoms with Gasteiger partial charge in [-0.25, -0.2) is 4.98 Å². The molecule has 0 saturated heterocycles. The Morgan fingerprint density at radius 2 is 2.45 bits per heavy atom. The molecule has 1 heterocycles. The molecule has 3 heteroatoms. The molecular formula is C8H14N2S. The van der Waals surface area contributed by atoms with E-state index in [1.807, 2.05) is 6.20 Å². The predicted octanol–water partition coefficient (Wildman–Crippen LogP) is 2.25. The lowest BCUT2D eigenvalue weighted by Crippen LogP contribution is -2.08. The van der Waals surface area contributed by atoms with Crippen molar-refractivity contribution in [3.63, 3.8) is 0 Å². The summed E-state index contributed by atoms with van der Waals surface area (Å²) in [6, 6.07) is 0.152. The fourth-order valence-corrected chi connectivity index (χ4v) is 1.79. The topological polar surface area (TPSA) is 38.9 Å². The van der Waals surface area contributed by atoms with Gasteiger partial charge in [0.1, 0.15) is 5.01 Å². The van der Waals surface area contributed by atoms with Gasteiger partial charge in [-0.1, -0.05) is 13.3 Å². The largest absolute Gasteiger partial charge is 0.322 e. The molecule has 0 bridgehead atoms. The molecule has 0 spiro atoms. The molecule has 1 unspecified atom stereocenters. The van der Waals surface area contributed by atoms with Gasteiger partial charge in [0.15, 0.2) is 0 Å². The summed E-state index contributed by atoms with van der Waals surface area (Å²) in [5.41, 5.74) is 5.87. The van der Waals surface area contributed by atoms with Crippen LogP contribution in [0.4, 0.5) is 0 Å². The highest BCUT2D eigenvalue weighted by atomic mass is 32.1. The van der Waals surface area contributed by atoms with Crippen molar-refractivity contribution < 1.29 is 0 Å². The molecule has 0 aliphatic heterocycles. The van der Waals surface area contributed by atoms with E-state index >= 15 is 0 Å². The number of hydrogen-bond donors (Lipinski definition) is 1. The van der Waals surface area contributed by atoms with Gasteiger partial charge in [0.25, 0.3) is 0 Å². The van der Waals surface area contributed by atoms with E-state index in [0.29, 0.717) is 0 Å². The highest BCUT2D eigenvalue weighted by molar-refractivity contribution is 7.11. The van der Waals surface area contributed by atoms with Crippen LogP contribution in [0.15, 0.2) is 6.20 Å². The first-order valence-electron chi connectivity index (χ1n) is 3.92. The number of thiazole rings is 1. The average Bonchev–Trinajstić information content (AvgIpc) is 2.36. The number of aromatic nitrogens is 1. The Morgan fingerprint density at radius 1 is 1.73 bits per heavy atom. The van der Waals surface area contributed by atoms with E-state index in [0.717, 1.165) is 17.8 Å². The summed E-state index contributed by atoms with van der Waals surface area (Å²) in [7, 11) is 0. The van der Waals surface area contributed by atoms with Crippen LogP contribution in [-0.2, 0) is 0 Å². The molecule has 0 aliphatic carbocycles. The van der Waals surface area contributed by atoms with Crippen LogP contribution in [0.5, 0.6) is 0 Å². The smallest absolute Gasteiger partial charge is 0.110 e. The minimum absolute atomic E-state index is 0.152. The van der Waals surface area contributed by atoms with Crippen molar-refractivity contribution in [2.24, 2.45) is 5.73 Å². The van der Waals surface area contributed by atoms with Gasteiger partial charge in [-0.3, -0.25) is 0 Å². The van der Waals surface area contributed by atoms with E-state index in [9.17, 15) is 0 Å². The first-order chi connectivity index (χ1) is 5.24. The van der Waals surface area contributed by atoms with Crippen LogP contribution in [-0.4, -0.2) is 4.98 Å². The Balaban J connectivity index is 2.60. The summed E-state index contributed by atoms with van der Waals surface area (Å²) in [5, 5.41) is 1.07. The van der Waals surface area contributed by atoms with Gasteiger partial charge in [0.2, 0.25) is 0 Å². The lowest BCUT2D eigenvalue weighted by molar-refractivity contribution is 0.634. The minimum Gasteiger partial charge on any atom is -0.322 e. The zero-order chi connectivity index (χ0) is 8.27. The summed E-state index contributed by atoms with van der Waals surface area (Å²) >= 11 is 1.70. The monoisotopic (exact) mass is 170 g/mol. The minimum atomic E-state index is 0.152. The Morgan fingerprint density at radius 3 is 2.91 bits per heavy atom. The highest BCUT2D eigenvalue weighted by Gasteiger charge is 2.07. The molecule has 0 amide bonds. The van der Waals surface area contributed by atoms with E-state index < -0.39 is 0 Å². The number of nitrogens with zero attached hydrogens (tertiary/aromatic N) is 1. The number of aryl methyl sites for hydroxylation is 1. The summed E-state index contributed by atoms with van der Waals surface area (Å²) in [4.78, 5) is 5.47. The van der Waals surface area contributed by atoms with Gasteiger partial charge in [0, 0.05) is 11.1 Å². The van der Waals surface area contributed by atoms with Gasteiger partial charge in [-0.15, -0.1) is 11.3 Å². The third kappa shape index (κ3) is 2.27. The van der Waals surface area contributed by atoms with E-state index in [2.05, 4.69) is 18.8 Å². The van der Waals surface area contributed by atoms with Crippen molar-refractivity contribution in [1.82, 2.24) is 4.98 Å². The summed E-state index contributed by atoms with van der Waals surface area (Å²) in [6.07, 6.45) is 4.04. The standard InChI is InChI=1S/C8H14N2S/c1-3-4-7(9)8-10-5-6(2)11-8/h5,7H,3-4,9H2,1-2H3. The summed E-state index contributed by atoms with van der Waals surface area (Å²) < 4.78 is 0. The SMILES string of the molecule is CCCC(N)c1ncc(C)s1. The van der Waals surface area contributed by atoms with Crippen molar-refractivity contribution >= 4 is 11.3 Å². The predicted molar refractivity (Wildman–Crippen MR) is 48.7 cm³/mol. The van der Waals surface area contributed by atoms with Crippen molar-refractivity contribution in [2.45, 2.75) is 32.7 Å². The third-order valence-electron chi connectivity index (χ3n) is 1.56. The number of nitrogens with two attached hydrogens (primary N) is 1.